The monoisotopic (exact) mass is 277 g/mol. The average Bonchev–Trinajstić information content (AvgIpc) is 2.90. The van der Waals surface area contributed by atoms with Crippen LogP contribution in [0.2, 0.25) is 0 Å². The maximum atomic E-state index is 11.0. The SMILES string of the molecule is Cc1ccc(CCN(CC(=O)O)C[C@H]2CCCO2)cc1. The van der Waals surface area contributed by atoms with Gasteiger partial charge in [-0.2, -0.15) is 0 Å². The molecule has 1 N–H and O–H groups in total. The van der Waals surface area contributed by atoms with E-state index in [9.17, 15) is 4.79 Å². The van der Waals surface area contributed by atoms with Crippen molar-refractivity contribution in [2.75, 3.05) is 26.2 Å². The van der Waals surface area contributed by atoms with Crippen LogP contribution in [0.4, 0.5) is 0 Å². The number of nitrogens with zero attached hydrogens (tertiary/aromatic N) is 1. The lowest BCUT2D eigenvalue weighted by atomic mass is 10.1. The number of ether oxygens (including phenoxy) is 1. The van der Waals surface area contributed by atoms with Crippen LogP contribution in [0, 0.1) is 6.92 Å². The number of aryl methyl sites for hydroxylation is 1. The van der Waals surface area contributed by atoms with Crippen molar-refractivity contribution in [2.24, 2.45) is 0 Å². The van der Waals surface area contributed by atoms with E-state index in [1.165, 1.54) is 11.1 Å². The molecule has 0 spiro atoms. The van der Waals surface area contributed by atoms with E-state index in [-0.39, 0.29) is 12.6 Å². The van der Waals surface area contributed by atoms with Crippen molar-refractivity contribution in [2.45, 2.75) is 32.3 Å². The first-order chi connectivity index (χ1) is 9.63. The van der Waals surface area contributed by atoms with Crippen molar-refractivity contribution < 1.29 is 14.6 Å². The van der Waals surface area contributed by atoms with E-state index in [1.54, 1.807) is 0 Å². The van der Waals surface area contributed by atoms with Crippen LogP contribution >= 0.6 is 0 Å². The molecule has 4 nitrogen and oxygen atoms in total. The molecule has 1 aromatic carbocycles. The fourth-order valence-electron chi connectivity index (χ4n) is 2.54. The van der Waals surface area contributed by atoms with Gasteiger partial charge in [0.2, 0.25) is 0 Å². The van der Waals surface area contributed by atoms with E-state index in [0.717, 1.165) is 39.0 Å². The Hall–Kier alpha value is -1.39. The smallest absolute Gasteiger partial charge is 0.317 e. The van der Waals surface area contributed by atoms with Gasteiger partial charge in [0.05, 0.1) is 12.6 Å². The molecule has 1 fully saturated rings. The van der Waals surface area contributed by atoms with Gasteiger partial charge in [-0.05, 0) is 31.7 Å². The Bertz CT molecular complexity index is 424. The third-order valence-corrected chi connectivity index (χ3v) is 3.68. The fraction of sp³-hybridized carbons (Fsp3) is 0.562. The quantitative estimate of drug-likeness (QED) is 0.829. The Morgan fingerprint density at radius 1 is 1.40 bits per heavy atom. The van der Waals surface area contributed by atoms with Crippen LogP contribution in [0.1, 0.15) is 24.0 Å². The number of carbonyl (C=O) groups is 1. The molecule has 1 saturated heterocycles. The first-order valence-corrected chi connectivity index (χ1v) is 7.25. The van der Waals surface area contributed by atoms with Gasteiger partial charge < -0.3 is 9.84 Å². The van der Waals surface area contributed by atoms with E-state index in [2.05, 4.69) is 31.2 Å². The van der Waals surface area contributed by atoms with Crippen molar-refractivity contribution in [3.63, 3.8) is 0 Å². The van der Waals surface area contributed by atoms with Crippen LogP contribution in [0.3, 0.4) is 0 Å². The molecular weight excluding hydrogens is 254 g/mol. The molecule has 1 aliphatic heterocycles. The first-order valence-electron chi connectivity index (χ1n) is 7.25. The van der Waals surface area contributed by atoms with Crippen molar-refractivity contribution in [1.29, 1.82) is 0 Å². The summed E-state index contributed by atoms with van der Waals surface area (Å²) >= 11 is 0. The molecular formula is C16H23NO3. The molecule has 2 rings (SSSR count). The van der Waals surface area contributed by atoms with Crippen LogP contribution in [-0.2, 0) is 16.0 Å². The van der Waals surface area contributed by atoms with Gasteiger partial charge in [0.1, 0.15) is 0 Å². The van der Waals surface area contributed by atoms with E-state index < -0.39 is 5.97 Å². The molecule has 1 aliphatic rings. The summed E-state index contributed by atoms with van der Waals surface area (Å²) in [6, 6.07) is 8.41. The number of rotatable bonds is 7. The molecule has 0 radical (unpaired) electrons. The van der Waals surface area contributed by atoms with Gasteiger partial charge in [-0.1, -0.05) is 29.8 Å². The van der Waals surface area contributed by atoms with Crippen LogP contribution < -0.4 is 0 Å². The molecule has 0 amide bonds. The summed E-state index contributed by atoms with van der Waals surface area (Å²) in [6.45, 7) is 4.45. The van der Waals surface area contributed by atoms with Crippen LogP contribution in [-0.4, -0.2) is 48.3 Å². The number of carboxylic acid groups (broad SMARTS) is 1. The highest BCUT2D eigenvalue weighted by Gasteiger charge is 2.20. The van der Waals surface area contributed by atoms with Gasteiger partial charge >= 0.3 is 5.97 Å². The van der Waals surface area contributed by atoms with Gasteiger partial charge in [-0.3, -0.25) is 9.69 Å². The molecule has 1 heterocycles. The van der Waals surface area contributed by atoms with Crippen LogP contribution in [0.15, 0.2) is 24.3 Å². The molecule has 0 aliphatic carbocycles. The number of carboxylic acids is 1. The molecule has 1 aromatic rings. The summed E-state index contributed by atoms with van der Waals surface area (Å²) in [7, 11) is 0. The minimum atomic E-state index is -0.771. The number of aliphatic carboxylic acids is 1. The number of hydrogen-bond donors (Lipinski definition) is 1. The van der Waals surface area contributed by atoms with Gasteiger partial charge in [0, 0.05) is 19.7 Å². The summed E-state index contributed by atoms with van der Waals surface area (Å²) < 4.78 is 5.60. The largest absolute Gasteiger partial charge is 0.480 e. The van der Waals surface area contributed by atoms with Gasteiger partial charge in [0.15, 0.2) is 0 Å². The molecule has 0 saturated carbocycles. The van der Waals surface area contributed by atoms with E-state index in [0.29, 0.717) is 0 Å². The maximum absolute atomic E-state index is 11.0. The zero-order valence-corrected chi connectivity index (χ0v) is 12.0. The highest BCUT2D eigenvalue weighted by atomic mass is 16.5. The Balaban J connectivity index is 1.85. The summed E-state index contributed by atoms with van der Waals surface area (Å²) in [5.74, 6) is -0.771. The zero-order valence-electron chi connectivity index (χ0n) is 12.0. The second kappa shape index (κ2) is 7.41. The molecule has 0 unspecified atom stereocenters. The second-order valence-corrected chi connectivity index (χ2v) is 5.50. The predicted molar refractivity (Wildman–Crippen MR) is 77.9 cm³/mol. The summed E-state index contributed by atoms with van der Waals surface area (Å²) in [5, 5.41) is 9.01. The predicted octanol–water partition coefficient (Wildman–Crippen LogP) is 2.10. The summed E-state index contributed by atoms with van der Waals surface area (Å²) in [5.41, 5.74) is 2.49. The Morgan fingerprint density at radius 3 is 2.75 bits per heavy atom. The minimum absolute atomic E-state index is 0.0890. The second-order valence-electron chi connectivity index (χ2n) is 5.50. The lowest BCUT2D eigenvalue weighted by Gasteiger charge is -2.23. The third-order valence-electron chi connectivity index (χ3n) is 3.68. The van der Waals surface area contributed by atoms with E-state index in [1.807, 2.05) is 4.90 Å². The van der Waals surface area contributed by atoms with Gasteiger partial charge in [-0.15, -0.1) is 0 Å². The Morgan fingerprint density at radius 2 is 2.15 bits per heavy atom. The maximum Gasteiger partial charge on any atom is 0.317 e. The van der Waals surface area contributed by atoms with Gasteiger partial charge in [0.25, 0.3) is 0 Å². The standard InChI is InChI=1S/C16H23NO3/c1-13-4-6-14(7-5-13)8-9-17(12-16(18)19)11-15-3-2-10-20-15/h4-7,15H,2-3,8-12H2,1H3,(H,18,19)/t15-/m1/s1. The van der Waals surface area contributed by atoms with E-state index >= 15 is 0 Å². The number of hydrogen-bond acceptors (Lipinski definition) is 3. The molecule has 110 valence electrons. The highest BCUT2D eigenvalue weighted by molar-refractivity contribution is 5.69. The fourth-order valence-corrected chi connectivity index (χ4v) is 2.54. The van der Waals surface area contributed by atoms with Crippen molar-refractivity contribution >= 4 is 5.97 Å². The lowest BCUT2D eigenvalue weighted by Crippen LogP contribution is -2.37. The Kier molecular flexibility index (Phi) is 5.56. The molecule has 0 aromatic heterocycles. The zero-order chi connectivity index (χ0) is 14.4. The topological polar surface area (TPSA) is 49.8 Å². The minimum Gasteiger partial charge on any atom is -0.480 e. The summed E-state index contributed by atoms with van der Waals surface area (Å²) in [4.78, 5) is 12.9. The molecule has 4 heteroatoms. The Labute approximate surface area is 120 Å². The average molecular weight is 277 g/mol. The normalized spacial score (nSPS) is 18.6. The molecule has 20 heavy (non-hydrogen) atoms. The van der Waals surface area contributed by atoms with Crippen molar-refractivity contribution in [3.05, 3.63) is 35.4 Å². The highest BCUT2D eigenvalue weighted by Crippen LogP contribution is 2.14. The van der Waals surface area contributed by atoms with E-state index in [4.69, 9.17) is 9.84 Å². The third kappa shape index (κ3) is 4.94. The van der Waals surface area contributed by atoms with Crippen molar-refractivity contribution in [3.8, 4) is 0 Å². The number of benzene rings is 1. The first kappa shape index (κ1) is 15.0. The lowest BCUT2D eigenvalue weighted by molar-refractivity contribution is -0.138. The van der Waals surface area contributed by atoms with Crippen LogP contribution in [0.5, 0.6) is 0 Å². The molecule has 1 atom stereocenters. The van der Waals surface area contributed by atoms with Gasteiger partial charge in [-0.25, -0.2) is 0 Å². The van der Waals surface area contributed by atoms with Crippen LogP contribution in [0.25, 0.3) is 0 Å². The summed E-state index contributed by atoms with van der Waals surface area (Å²) in [6.07, 6.45) is 3.21. The van der Waals surface area contributed by atoms with Crippen molar-refractivity contribution in [1.82, 2.24) is 4.90 Å². The molecule has 0 bridgehead atoms.